The van der Waals surface area contributed by atoms with Crippen molar-refractivity contribution in [3.05, 3.63) is 69.7 Å². The summed E-state index contributed by atoms with van der Waals surface area (Å²) >= 11 is 11.9. The van der Waals surface area contributed by atoms with Crippen LogP contribution in [0.25, 0.3) is 0 Å². The summed E-state index contributed by atoms with van der Waals surface area (Å²) in [6.45, 7) is 0. The van der Waals surface area contributed by atoms with E-state index in [1.54, 1.807) is 6.07 Å². The lowest BCUT2D eigenvalue weighted by Crippen LogP contribution is -2.72. The van der Waals surface area contributed by atoms with E-state index in [0.29, 0.717) is 0 Å². The molecule has 3 atom stereocenters. The topological polar surface area (TPSA) is 78.4 Å². The van der Waals surface area contributed by atoms with Crippen molar-refractivity contribution in [1.82, 2.24) is 10.6 Å². The fourth-order valence-electron chi connectivity index (χ4n) is 3.12. The molecule has 0 aliphatic carbocycles. The highest BCUT2D eigenvalue weighted by Gasteiger charge is 2.66. The van der Waals surface area contributed by atoms with Crippen molar-refractivity contribution in [3.63, 3.8) is 0 Å². The summed E-state index contributed by atoms with van der Waals surface area (Å²) in [4.78, 5) is 25.0. The first-order chi connectivity index (χ1) is 13.0. The van der Waals surface area contributed by atoms with E-state index >= 15 is 0 Å². The van der Waals surface area contributed by atoms with Crippen LogP contribution >= 0.6 is 23.2 Å². The van der Waals surface area contributed by atoms with E-state index in [-0.39, 0.29) is 21.2 Å². The van der Waals surface area contributed by atoms with Crippen molar-refractivity contribution in [2.24, 2.45) is 5.92 Å². The number of alkyl halides is 3. The van der Waals surface area contributed by atoms with E-state index in [2.05, 4.69) is 5.32 Å². The highest BCUT2D eigenvalue weighted by molar-refractivity contribution is 6.31. The van der Waals surface area contributed by atoms with Crippen LogP contribution in [0.4, 0.5) is 18.0 Å². The molecule has 3 unspecified atom stereocenters. The van der Waals surface area contributed by atoms with Gasteiger partial charge in [-0.3, -0.25) is 4.79 Å². The van der Waals surface area contributed by atoms with Gasteiger partial charge in [0.05, 0.1) is 6.04 Å². The lowest BCUT2D eigenvalue weighted by molar-refractivity contribution is -0.287. The van der Waals surface area contributed by atoms with E-state index in [1.807, 2.05) is 0 Å². The number of aliphatic hydroxyl groups is 1. The van der Waals surface area contributed by atoms with Crippen LogP contribution in [0.5, 0.6) is 0 Å². The molecular weight excluding hydrogens is 420 g/mol. The molecule has 2 amide bonds. The van der Waals surface area contributed by atoms with Gasteiger partial charge in [-0.1, -0.05) is 41.4 Å². The van der Waals surface area contributed by atoms with Crippen LogP contribution in [-0.4, -0.2) is 28.8 Å². The van der Waals surface area contributed by atoms with Crippen LogP contribution in [0, 0.1) is 5.92 Å². The Hall–Kier alpha value is -2.29. The first kappa shape index (κ1) is 20.4. The number of urea groups is 1. The zero-order chi connectivity index (χ0) is 20.7. The van der Waals surface area contributed by atoms with Gasteiger partial charge in [0.2, 0.25) is 5.72 Å². The number of ketones is 1. The Labute approximate surface area is 167 Å². The zero-order valence-corrected chi connectivity index (χ0v) is 15.4. The lowest BCUT2D eigenvalue weighted by atomic mass is 9.77. The normalized spacial score (nSPS) is 25.0. The second kappa shape index (κ2) is 7.27. The van der Waals surface area contributed by atoms with Crippen LogP contribution in [-0.2, 0) is 0 Å². The molecule has 0 spiro atoms. The number of amides is 2. The van der Waals surface area contributed by atoms with E-state index in [4.69, 9.17) is 23.2 Å². The highest BCUT2D eigenvalue weighted by Crippen LogP contribution is 2.45. The number of nitrogens with one attached hydrogen (secondary N) is 2. The molecule has 10 heteroatoms. The molecule has 148 valence electrons. The van der Waals surface area contributed by atoms with Crippen molar-refractivity contribution < 1.29 is 27.9 Å². The third-order valence-corrected chi connectivity index (χ3v) is 5.05. The molecule has 3 rings (SSSR count). The molecule has 1 heterocycles. The smallest absolute Gasteiger partial charge is 0.363 e. The van der Waals surface area contributed by atoms with Gasteiger partial charge < -0.3 is 15.7 Å². The van der Waals surface area contributed by atoms with Gasteiger partial charge in [-0.15, -0.1) is 0 Å². The monoisotopic (exact) mass is 432 g/mol. The van der Waals surface area contributed by atoms with Crippen molar-refractivity contribution in [1.29, 1.82) is 0 Å². The van der Waals surface area contributed by atoms with Crippen LogP contribution in [0.15, 0.2) is 48.5 Å². The van der Waals surface area contributed by atoms with Gasteiger partial charge in [-0.2, -0.15) is 13.2 Å². The minimum Gasteiger partial charge on any atom is -0.363 e. The molecule has 5 nitrogen and oxygen atoms in total. The zero-order valence-electron chi connectivity index (χ0n) is 13.9. The first-order valence-corrected chi connectivity index (χ1v) is 8.72. The van der Waals surface area contributed by atoms with Gasteiger partial charge >= 0.3 is 12.2 Å². The molecule has 0 bridgehead atoms. The number of hydrogen-bond donors (Lipinski definition) is 3. The van der Waals surface area contributed by atoms with Crippen LogP contribution in [0.1, 0.15) is 22.0 Å². The second-order valence-corrected chi connectivity index (χ2v) is 7.05. The SMILES string of the molecule is O=C1NC(c2ccccc2Cl)C(C(=O)c2ccc(Cl)cc2)C(O)(C(F)(F)F)N1. The van der Waals surface area contributed by atoms with Crippen LogP contribution in [0.3, 0.4) is 0 Å². The average Bonchev–Trinajstić information content (AvgIpc) is 2.60. The Kier molecular flexibility index (Phi) is 5.31. The fraction of sp³-hybridized carbons (Fsp3) is 0.222. The van der Waals surface area contributed by atoms with Crippen LogP contribution in [0.2, 0.25) is 10.0 Å². The quantitative estimate of drug-likeness (QED) is 0.638. The molecular formula is C18H13Cl2F3N2O3. The summed E-state index contributed by atoms with van der Waals surface area (Å²) in [7, 11) is 0. The number of benzene rings is 2. The summed E-state index contributed by atoms with van der Waals surface area (Å²) in [5, 5.41) is 14.5. The molecule has 2 aromatic carbocycles. The van der Waals surface area contributed by atoms with E-state index in [1.165, 1.54) is 47.8 Å². The predicted molar refractivity (Wildman–Crippen MR) is 96.1 cm³/mol. The number of Topliss-reactive ketones (excluding diaryl/α,β-unsaturated/α-hetero) is 1. The Balaban J connectivity index is 2.18. The maximum atomic E-state index is 13.8. The van der Waals surface area contributed by atoms with Crippen LogP contribution < -0.4 is 10.6 Å². The molecule has 0 saturated carbocycles. The summed E-state index contributed by atoms with van der Waals surface area (Å²) in [6.07, 6.45) is -5.34. The van der Waals surface area contributed by atoms with Gasteiger partial charge in [0.25, 0.3) is 0 Å². The number of hydrogen-bond acceptors (Lipinski definition) is 3. The van der Waals surface area contributed by atoms with Gasteiger partial charge in [0, 0.05) is 15.6 Å². The number of carbonyl (C=O) groups is 2. The van der Waals surface area contributed by atoms with Crippen molar-refractivity contribution in [2.75, 3.05) is 0 Å². The van der Waals surface area contributed by atoms with Gasteiger partial charge in [0.15, 0.2) is 5.78 Å². The Morgan fingerprint density at radius 3 is 2.25 bits per heavy atom. The molecule has 3 N–H and O–H groups in total. The summed E-state index contributed by atoms with van der Waals surface area (Å²) in [5.41, 5.74) is -3.86. The van der Waals surface area contributed by atoms with E-state index in [9.17, 15) is 27.9 Å². The predicted octanol–water partition coefficient (Wildman–Crippen LogP) is 4.10. The third-order valence-electron chi connectivity index (χ3n) is 4.46. The maximum absolute atomic E-state index is 13.8. The number of carbonyl (C=O) groups excluding carboxylic acids is 2. The molecule has 0 radical (unpaired) electrons. The lowest BCUT2D eigenvalue weighted by Gasteiger charge is -2.45. The largest absolute Gasteiger partial charge is 0.437 e. The van der Waals surface area contributed by atoms with E-state index in [0.717, 1.165) is 0 Å². The molecule has 1 fully saturated rings. The molecule has 0 aromatic heterocycles. The standard InChI is InChI=1S/C18H13Cl2F3N2O3/c19-10-7-5-9(6-8-10)15(26)13-14(11-3-1-2-4-12(11)20)24-16(27)25-17(13,28)18(21,22)23/h1-8,13-14,28H,(H2,24,25,27). The minimum atomic E-state index is -5.34. The summed E-state index contributed by atoms with van der Waals surface area (Å²) in [5.74, 6) is -3.19. The Bertz CT molecular complexity index is 921. The highest BCUT2D eigenvalue weighted by atomic mass is 35.5. The maximum Gasteiger partial charge on any atom is 0.437 e. The van der Waals surface area contributed by atoms with Gasteiger partial charge in [0.1, 0.15) is 5.92 Å². The van der Waals surface area contributed by atoms with Gasteiger partial charge in [-0.05, 0) is 35.9 Å². The Morgan fingerprint density at radius 2 is 1.68 bits per heavy atom. The Morgan fingerprint density at radius 1 is 1.07 bits per heavy atom. The molecule has 1 aliphatic rings. The van der Waals surface area contributed by atoms with Crippen molar-refractivity contribution >= 4 is 35.0 Å². The van der Waals surface area contributed by atoms with Crippen molar-refractivity contribution in [3.8, 4) is 0 Å². The number of rotatable bonds is 3. The first-order valence-electron chi connectivity index (χ1n) is 7.96. The van der Waals surface area contributed by atoms with Gasteiger partial charge in [-0.25, -0.2) is 4.79 Å². The third kappa shape index (κ3) is 3.55. The van der Waals surface area contributed by atoms with Crippen molar-refractivity contribution in [2.45, 2.75) is 17.9 Å². The molecule has 2 aromatic rings. The molecule has 1 saturated heterocycles. The van der Waals surface area contributed by atoms with E-state index < -0.39 is 35.7 Å². The summed E-state index contributed by atoms with van der Waals surface area (Å²) in [6, 6.07) is 8.14. The number of halogens is 5. The summed E-state index contributed by atoms with van der Waals surface area (Å²) < 4.78 is 41.3. The molecule has 28 heavy (non-hydrogen) atoms. The fourth-order valence-corrected chi connectivity index (χ4v) is 3.50. The average molecular weight is 433 g/mol. The molecule has 1 aliphatic heterocycles. The second-order valence-electron chi connectivity index (χ2n) is 6.21. The minimum absolute atomic E-state index is 0.0353.